The Kier molecular flexibility index (Phi) is 3.79. The van der Waals surface area contributed by atoms with Crippen LogP contribution >= 0.6 is 22.6 Å². The Morgan fingerprint density at radius 1 is 1.37 bits per heavy atom. The summed E-state index contributed by atoms with van der Waals surface area (Å²) in [5.74, 6) is -0.00460. The van der Waals surface area contributed by atoms with Gasteiger partial charge in [-0.15, -0.1) is 0 Å². The molecular weight excluding hydrogens is 360 g/mol. The molecule has 0 atom stereocenters. The molecule has 0 radical (unpaired) electrons. The Labute approximate surface area is 123 Å². The van der Waals surface area contributed by atoms with Crippen molar-refractivity contribution in [3.05, 3.63) is 49.6 Å². The topological polar surface area (TPSA) is 60.0 Å². The van der Waals surface area contributed by atoms with Crippen LogP contribution in [-0.2, 0) is 7.05 Å². The van der Waals surface area contributed by atoms with Crippen molar-refractivity contribution in [3.8, 4) is 0 Å². The van der Waals surface area contributed by atoms with E-state index in [0.29, 0.717) is 17.1 Å². The van der Waals surface area contributed by atoms with Crippen molar-refractivity contribution in [1.29, 1.82) is 0 Å². The van der Waals surface area contributed by atoms with Crippen molar-refractivity contribution in [2.75, 3.05) is 11.1 Å². The smallest absolute Gasteiger partial charge is 0.254 e. The molecule has 0 aliphatic carbocycles. The minimum atomic E-state index is -0.390. The molecule has 6 heteroatoms. The summed E-state index contributed by atoms with van der Waals surface area (Å²) in [4.78, 5) is 11.8. The molecule has 2 rings (SSSR count). The fraction of sp³-hybridized carbons (Fsp3) is 0.154. The summed E-state index contributed by atoms with van der Waals surface area (Å²) in [6.07, 6.45) is 0. The molecule has 2 aromatic rings. The van der Waals surface area contributed by atoms with E-state index in [4.69, 9.17) is 5.73 Å². The SMILES string of the molecule is Cc1cc(N)c(Nc2ccc(I)cc2F)n(C)c1=O. The lowest BCUT2D eigenvalue weighted by atomic mass is 10.2. The van der Waals surface area contributed by atoms with Crippen molar-refractivity contribution < 1.29 is 4.39 Å². The van der Waals surface area contributed by atoms with Crippen LogP contribution in [0.3, 0.4) is 0 Å². The Hall–Kier alpha value is -1.57. The number of nitrogens with two attached hydrogens (primary N) is 1. The predicted octanol–water partition coefficient (Wildman–Crippen LogP) is 2.76. The fourth-order valence-electron chi connectivity index (χ4n) is 1.80. The first kappa shape index (κ1) is 13.9. The normalized spacial score (nSPS) is 10.5. The summed E-state index contributed by atoms with van der Waals surface area (Å²) in [5.41, 5.74) is 6.94. The van der Waals surface area contributed by atoms with Gasteiger partial charge in [0.1, 0.15) is 11.6 Å². The van der Waals surface area contributed by atoms with Gasteiger partial charge in [-0.2, -0.15) is 0 Å². The minimum absolute atomic E-state index is 0.164. The average molecular weight is 373 g/mol. The zero-order chi connectivity index (χ0) is 14.2. The number of hydrogen-bond acceptors (Lipinski definition) is 3. The quantitative estimate of drug-likeness (QED) is 0.796. The van der Waals surface area contributed by atoms with Gasteiger partial charge in [0.05, 0.1) is 11.4 Å². The van der Waals surface area contributed by atoms with Crippen LogP contribution in [0.15, 0.2) is 29.1 Å². The van der Waals surface area contributed by atoms with E-state index in [1.165, 1.54) is 10.6 Å². The number of aromatic nitrogens is 1. The van der Waals surface area contributed by atoms with Crippen LogP contribution in [0.25, 0.3) is 0 Å². The maximum Gasteiger partial charge on any atom is 0.254 e. The summed E-state index contributed by atoms with van der Waals surface area (Å²) >= 11 is 2.03. The lowest BCUT2D eigenvalue weighted by molar-refractivity contribution is 0.630. The maximum atomic E-state index is 13.8. The van der Waals surface area contributed by atoms with Crippen LogP contribution in [-0.4, -0.2) is 4.57 Å². The molecule has 0 unspecified atom stereocenters. The van der Waals surface area contributed by atoms with E-state index in [2.05, 4.69) is 5.32 Å². The predicted molar refractivity (Wildman–Crippen MR) is 83.2 cm³/mol. The Bertz CT molecular complexity index is 697. The molecule has 19 heavy (non-hydrogen) atoms. The van der Waals surface area contributed by atoms with Gasteiger partial charge in [0.25, 0.3) is 5.56 Å². The Morgan fingerprint density at radius 2 is 2.05 bits per heavy atom. The number of nitrogens with zero attached hydrogens (tertiary/aromatic N) is 1. The molecule has 4 nitrogen and oxygen atoms in total. The molecule has 3 N–H and O–H groups in total. The number of nitrogens with one attached hydrogen (secondary N) is 1. The third kappa shape index (κ3) is 2.73. The van der Waals surface area contributed by atoms with Gasteiger partial charge in [-0.1, -0.05) is 0 Å². The number of nitrogen functional groups attached to an aromatic ring is 1. The third-order valence-electron chi connectivity index (χ3n) is 2.81. The van der Waals surface area contributed by atoms with Crippen LogP contribution in [0, 0.1) is 16.3 Å². The largest absolute Gasteiger partial charge is 0.396 e. The van der Waals surface area contributed by atoms with Gasteiger partial charge in [-0.25, -0.2) is 4.39 Å². The molecule has 0 aliphatic rings. The highest BCUT2D eigenvalue weighted by Gasteiger charge is 2.10. The molecule has 1 heterocycles. The summed E-state index contributed by atoms with van der Waals surface area (Å²) < 4.78 is 16.0. The first-order valence-electron chi connectivity index (χ1n) is 5.58. The number of halogens is 2. The van der Waals surface area contributed by atoms with E-state index < -0.39 is 0 Å². The number of anilines is 3. The first-order valence-corrected chi connectivity index (χ1v) is 6.66. The summed E-state index contributed by atoms with van der Waals surface area (Å²) in [6, 6.07) is 6.37. The van der Waals surface area contributed by atoms with Gasteiger partial charge in [-0.3, -0.25) is 9.36 Å². The molecule has 0 saturated carbocycles. The maximum absolute atomic E-state index is 13.8. The van der Waals surface area contributed by atoms with Crippen molar-refractivity contribution in [1.82, 2.24) is 4.57 Å². The van der Waals surface area contributed by atoms with Crippen LogP contribution in [0.5, 0.6) is 0 Å². The average Bonchev–Trinajstić information content (AvgIpc) is 2.34. The summed E-state index contributed by atoms with van der Waals surface area (Å²) in [6.45, 7) is 1.69. The Balaban J connectivity index is 2.50. The second kappa shape index (κ2) is 5.20. The van der Waals surface area contributed by atoms with E-state index >= 15 is 0 Å². The highest BCUT2D eigenvalue weighted by molar-refractivity contribution is 14.1. The monoisotopic (exact) mass is 373 g/mol. The Morgan fingerprint density at radius 3 is 2.68 bits per heavy atom. The molecule has 100 valence electrons. The summed E-state index contributed by atoms with van der Waals surface area (Å²) in [7, 11) is 1.60. The molecule has 0 amide bonds. The molecule has 0 fully saturated rings. The lowest BCUT2D eigenvalue weighted by Crippen LogP contribution is -2.23. The van der Waals surface area contributed by atoms with Crippen LogP contribution < -0.4 is 16.6 Å². The molecular formula is C13H13FIN3O. The molecule has 0 saturated heterocycles. The van der Waals surface area contributed by atoms with Crippen molar-refractivity contribution in [3.63, 3.8) is 0 Å². The van der Waals surface area contributed by atoms with Gasteiger partial charge in [0.2, 0.25) is 0 Å². The number of aryl methyl sites for hydroxylation is 1. The van der Waals surface area contributed by atoms with Gasteiger partial charge in [-0.05, 0) is 53.8 Å². The number of rotatable bonds is 2. The van der Waals surface area contributed by atoms with Gasteiger partial charge >= 0.3 is 0 Å². The number of hydrogen-bond donors (Lipinski definition) is 2. The number of pyridine rings is 1. The van der Waals surface area contributed by atoms with Crippen LogP contribution in [0.1, 0.15) is 5.56 Å². The third-order valence-corrected chi connectivity index (χ3v) is 3.48. The van der Waals surface area contributed by atoms with Gasteiger partial charge < -0.3 is 11.1 Å². The second-order valence-corrected chi connectivity index (χ2v) is 5.49. The van der Waals surface area contributed by atoms with Gasteiger partial charge in [0, 0.05) is 16.2 Å². The summed E-state index contributed by atoms with van der Waals surface area (Å²) in [5, 5.41) is 2.86. The molecule has 0 spiro atoms. The van der Waals surface area contributed by atoms with E-state index in [1.54, 1.807) is 32.2 Å². The number of benzene rings is 1. The highest BCUT2D eigenvalue weighted by Crippen LogP contribution is 2.24. The van der Waals surface area contributed by atoms with E-state index in [0.717, 1.165) is 3.57 Å². The van der Waals surface area contributed by atoms with Crippen LogP contribution in [0.4, 0.5) is 21.6 Å². The molecule has 0 bridgehead atoms. The lowest BCUT2D eigenvalue weighted by Gasteiger charge is -2.15. The van der Waals surface area contributed by atoms with Crippen molar-refractivity contribution in [2.24, 2.45) is 7.05 Å². The zero-order valence-electron chi connectivity index (χ0n) is 10.5. The first-order chi connectivity index (χ1) is 8.90. The van der Waals surface area contributed by atoms with E-state index in [1.807, 2.05) is 22.6 Å². The molecule has 1 aromatic heterocycles. The fourth-order valence-corrected chi connectivity index (χ4v) is 2.25. The van der Waals surface area contributed by atoms with E-state index in [9.17, 15) is 9.18 Å². The van der Waals surface area contributed by atoms with Crippen molar-refractivity contribution in [2.45, 2.75) is 6.92 Å². The second-order valence-electron chi connectivity index (χ2n) is 4.24. The van der Waals surface area contributed by atoms with Crippen molar-refractivity contribution >= 4 is 39.8 Å². The van der Waals surface area contributed by atoms with E-state index in [-0.39, 0.29) is 17.1 Å². The molecule has 0 aliphatic heterocycles. The minimum Gasteiger partial charge on any atom is -0.396 e. The highest BCUT2D eigenvalue weighted by atomic mass is 127. The zero-order valence-corrected chi connectivity index (χ0v) is 12.7. The van der Waals surface area contributed by atoms with Gasteiger partial charge in [0.15, 0.2) is 0 Å². The standard InChI is InChI=1S/C13H13FIN3O/c1-7-5-10(16)12(18(2)13(7)19)17-11-4-3-8(15)6-9(11)14/h3-6,17H,16H2,1-2H3. The van der Waals surface area contributed by atoms with Crippen LogP contribution in [0.2, 0.25) is 0 Å². The molecule has 1 aromatic carbocycles.